The lowest BCUT2D eigenvalue weighted by Gasteiger charge is -1.79. The van der Waals surface area contributed by atoms with Gasteiger partial charge in [-0.3, -0.25) is 4.98 Å². The lowest BCUT2D eigenvalue weighted by molar-refractivity contribution is 0.566. The molecule has 0 saturated carbocycles. The Kier molecular flexibility index (Phi) is 1.33. The van der Waals surface area contributed by atoms with Crippen LogP contribution in [0.1, 0.15) is 0 Å². The first-order chi connectivity index (χ1) is 4.86. The first-order valence-electron chi connectivity index (χ1n) is 2.72. The molecule has 0 saturated heterocycles. The van der Waals surface area contributed by atoms with Crippen molar-refractivity contribution in [3.63, 3.8) is 0 Å². The second kappa shape index (κ2) is 2.19. The van der Waals surface area contributed by atoms with Crippen molar-refractivity contribution in [2.24, 2.45) is 0 Å². The third-order valence-corrected chi connectivity index (χ3v) is 1.63. The van der Waals surface area contributed by atoms with Gasteiger partial charge in [0.05, 0.1) is 6.20 Å². The molecule has 0 spiro atoms. The summed E-state index contributed by atoms with van der Waals surface area (Å²) < 4.78 is 5.86. The van der Waals surface area contributed by atoms with Crippen molar-refractivity contribution in [2.45, 2.75) is 0 Å². The molecule has 2 heterocycles. The molecule has 0 N–H and O–H groups in total. The van der Waals surface area contributed by atoms with Crippen LogP contribution >= 0.6 is 22.6 Å². The molecule has 3 nitrogen and oxygen atoms in total. The average molecular weight is 246 g/mol. The fourth-order valence-electron chi connectivity index (χ4n) is 0.752. The van der Waals surface area contributed by atoms with Gasteiger partial charge in [-0.2, -0.15) is 0 Å². The third-order valence-electron chi connectivity index (χ3n) is 1.16. The van der Waals surface area contributed by atoms with Crippen molar-refractivity contribution in [2.75, 3.05) is 0 Å². The van der Waals surface area contributed by atoms with Crippen LogP contribution in [0.5, 0.6) is 0 Å². The highest BCUT2D eigenvalue weighted by Gasteiger charge is 1.99. The van der Waals surface area contributed by atoms with E-state index in [1.807, 2.05) is 22.6 Å². The molecule has 0 unspecified atom stereocenters. The summed E-state index contributed by atoms with van der Waals surface area (Å²) in [5.41, 5.74) is 1.60. The van der Waals surface area contributed by atoms with Crippen LogP contribution in [0.15, 0.2) is 22.9 Å². The van der Waals surface area contributed by atoms with E-state index in [9.17, 15) is 0 Å². The number of hydrogen-bond acceptors (Lipinski definition) is 3. The molecule has 0 aliphatic rings. The number of oxazole rings is 1. The molecule has 0 aromatic carbocycles. The van der Waals surface area contributed by atoms with Gasteiger partial charge >= 0.3 is 0 Å². The number of fused-ring (bicyclic) bond motifs is 1. The number of nitrogens with zero attached hydrogens (tertiary/aromatic N) is 2. The largest absolute Gasteiger partial charge is 0.432 e. The zero-order valence-electron chi connectivity index (χ0n) is 4.91. The summed E-state index contributed by atoms with van der Waals surface area (Å²) in [6.07, 6.45) is 3.37. The SMILES string of the molecule is Ic1nc2cnccc2o1. The Morgan fingerprint density at radius 1 is 1.50 bits per heavy atom. The molecule has 2 aromatic heterocycles. The van der Waals surface area contributed by atoms with Crippen molar-refractivity contribution in [3.8, 4) is 0 Å². The zero-order valence-corrected chi connectivity index (χ0v) is 7.07. The van der Waals surface area contributed by atoms with Gasteiger partial charge in [-0.15, -0.1) is 0 Å². The second-order valence-electron chi connectivity index (χ2n) is 1.81. The first-order valence-corrected chi connectivity index (χ1v) is 3.80. The highest BCUT2D eigenvalue weighted by atomic mass is 127. The molecule has 0 aliphatic heterocycles. The van der Waals surface area contributed by atoms with Crippen molar-refractivity contribution in [1.29, 1.82) is 0 Å². The minimum Gasteiger partial charge on any atom is -0.432 e. The van der Waals surface area contributed by atoms with Crippen LogP contribution in [-0.2, 0) is 0 Å². The van der Waals surface area contributed by atoms with Gasteiger partial charge in [-0.1, -0.05) is 0 Å². The number of pyridine rings is 1. The van der Waals surface area contributed by atoms with Crippen LogP contribution in [-0.4, -0.2) is 9.97 Å². The smallest absolute Gasteiger partial charge is 0.258 e. The lowest BCUT2D eigenvalue weighted by atomic mass is 10.4. The monoisotopic (exact) mass is 246 g/mol. The summed E-state index contributed by atoms with van der Waals surface area (Å²) >= 11 is 2.03. The van der Waals surface area contributed by atoms with Gasteiger partial charge in [-0.05, 0) is 0 Å². The minimum atomic E-state index is 0.653. The maximum atomic E-state index is 5.20. The molecule has 0 radical (unpaired) electrons. The van der Waals surface area contributed by atoms with Crippen molar-refractivity contribution in [1.82, 2.24) is 9.97 Å². The maximum absolute atomic E-state index is 5.20. The molecular formula is C6H3IN2O. The Bertz CT molecular complexity index is 324. The van der Waals surface area contributed by atoms with E-state index in [4.69, 9.17) is 4.42 Å². The fourth-order valence-corrected chi connectivity index (χ4v) is 1.25. The van der Waals surface area contributed by atoms with Crippen LogP contribution in [0, 0.1) is 3.90 Å². The Hall–Kier alpha value is -0.650. The van der Waals surface area contributed by atoms with E-state index in [0.29, 0.717) is 3.90 Å². The van der Waals surface area contributed by atoms with Gasteiger partial charge in [0.1, 0.15) is 5.52 Å². The zero-order chi connectivity index (χ0) is 6.97. The molecule has 10 heavy (non-hydrogen) atoms. The molecule has 2 rings (SSSR count). The summed E-state index contributed by atoms with van der Waals surface area (Å²) in [6, 6.07) is 1.80. The average Bonchev–Trinajstić information content (AvgIpc) is 2.27. The van der Waals surface area contributed by atoms with Crippen LogP contribution in [0.25, 0.3) is 11.1 Å². The molecule has 0 bridgehead atoms. The van der Waals surface area contributed by atoms with E-state index in [-0.39, 0.29) is 0 Å². The standard InChI is InChI=1S/C6H3IN2O/c7-6-9-4-3-8-2-1-5(4)10-6/h1-3H. The molecule has 4 heteroatoms. The van der Waals surface area contributed by atoms with Gasteiger partial charge in [0.25, 0.3) is 3.90 Å². The molecule has 50 valence electrons. The Balaban J connectivity index is 2.88. The van der Waals surface area contributed by atoms with E-state index in [1.54, 1.807) is 18.5 Å². The molecule has 0 amide bonds. The summed E-state index contributed by atoms with van der Waals surface area (Å²) in [4.78, 5) is 7.97. The second-order valence-corrected chi connectivity index (χ2v) is 2.73. The lowest BCUT2D eigenvalue weighted by Crippen LogP contribution is -1.69. The fraction of sp³-hybridized carbons (Fsp3) is 0. The number of aromatic nitrogens is 2. The van der Waals surface area contributed by atoms with Crippen LogP contribution in [0.3, 0.4) is 0 Å². The van der Waals surface area contributed by atoms with Crippen molar-refractivity contribution < 1.29 is 4.42 Å². The van der Waals surface area contributed by atoms with Gasteiger partial charge in [-0.25, -0.2) is 4.98 Å². The van der Waals surface area contributed by atoms with Crippen LogP contribution in [0.2, 0.25) is 0 Å². The number of hydrogen-bond donors (Lipinski definition) is 0. The Labute approximate surface area is 70.6 Å². The third kappa shape index (κ3) is 0.880. The van der Waals surface area contributed by atoms with E-state index in [2.05, 4.69) is 9.97 Å². The molecule has 0 atom stereocenters. The van der Waals surface area contributed by atoms with E-state index < -0.39 is 0 Å². The van der Waals surface area contributed by atoms with Crippen molar-refractivity contribution >= 4 is 33.7 Å². The molecule has 0 fully saturated rings. The molecular weight excluding hydrogens is 243 g/mol. The summed E-state index contributed by atoms with van der Waals surface area (Å²) in [5, 5.41) is 0. The number of rotatable bonds is 0. The van der Waals surface area contributed by atoms with Gasteiger partial charge < -0.3 is 4.42 Å². The minimum absolute atomic E-state index is 0.653. The van der Waals surface area contributed by atoms with E-state index in [0.717, 1.165) is 11.1 Å². The van der Waals surface area contributed by atoms with Gasteiger partial charge in [0.2, 0.25) is 0 Å². The predicted octanol–water partition coefficient (Wildman–Crippen LogP) is 1.83. The normalized spacial score (nSPS) is 10.5. The molecule has 2 aromatic rings. The quantitative estimate of drug-likeness (QED) is 0.665. The Morgan fingerprint density at radius 2 is 2.40 bits per heavy atom. The van der Waals surface area contributed by atoms with E-state index >= 15 is 0 Å². The molecule has 0 aliphatic carbocycles. The van der Waals surface area contributed by atoms with Crippen LogP contribution in [0.4, 0.5) is 0 Å². The summed E-state index contributed by atoms with van der Waals surface area (Å²) in [5.74, 6) is 0. The maximum Gasteiger partial charge on any atom is 0.258 e. The van der Waals surface area contributed by atoms with E-state index in [1.165, 1.54) is 0 Å². The highest BCUT2D eigenvalue weighted by Crippen LogP contribution is 2.13. The summed E-state index contributed by atoms with van der Waals surface area (Å²) in [6.45, 7) is 0. The highest BCUT2D eigenvalue weighted by molar-refractivity contribution is 14.1. The van der Waals surface area contributed by atoms with Gasteiger partial charge in [0, 0.05) is 34.9 Å². The Morgan fingerprint density at radius 3 is 3.20 bits per heavy atom. The predicted molar refractivity (Wildman–Crippen MR) is 44.5 cm³/mol. The van der Waals surface area contributed by atoms with Gasteiger partial charge in [0.15, 0.2) is 5.58 Å². The summed E-state index contributed by atoms with van der Waals surface area (Å²) in [7, 11) is 0. The first kappa shape index (κ1) is 6.09. The van der Waals surface area contributed by atoms with Crippen molar-refractivity contribution in [3.05, 3.63) is 22.4 Å². The number of halogens is 1. The van der Waals surface area contributed by atoms with Crippen LogP contribution < -0.4 is 0 Å². The topological polar surface area (TPSA) is 38.9 Å².